The van der Waals surface area contributed by atoms with E-state index in [2.05, 4.69) is 5.32 Å². The lowest BCUT2D eigenvalue weighted by Crippen LogP contribution is -2.21. The third-order valence-electron chi connectivity index (χ3n) is 3.15. The molecular weight excluding hydrogens is 258 g/mol. The maximum atomic E-state index is 11.7. The first-order chi connectivity index (χ1) is 9.22. The molecule has 2 rings (SSSR count). The van der Waals surface area contributed by atoms with E-state index in [1.165, 1.54) is 0 Å². The molecule has 0 heterocycles. The first-order valence-corrected chi connectivity index (χ1v) is 6.60. The van der Waals surface area contributed by atoms with Crippen LogP contribution in [0.15, 0.2) is 54.6 Å². The number of benzene rings is 2. The summed E-state index contributed by atoms with van der Waals surface area (Å²) in [6.07, 6.45) is 0.393. The second kappa shape index (κ2) is 6.39. The van der Waals surface area contributed by atoms with E-state index >= 15 is 0 Å². The predicted molar refractivity (Wildman–Crippen MR) is 78.4 cm³/mol. The van der Waals surface area contributed by atoms with Crippen molar-refractivity contribution in [1.29, 1.82) is 0 Å². The van der Waals surface area contributed by atoms with Crippen LogP contribution in [0, 0.1) is 0 Å². The molecule has 2 nitrogen and oxygen atoms in total. The summed E-state index contributed by atoms with van der Waals surface area (Å²) in [5.74, 6) is -0.0105. The molecule has 2 aromatic carbocycles. The molecule has 2 aromatic rings. The Labute approximate surface area is 118 Å². The van der Waals surface area contributed by atoms with E-state index in [0.717, 1.165) is 11.1 Å². The molecule has 0 aromatic heterocycles. The average Bonchev–Trinajstić information content (AvgIpc) is 2.46. The zero-order valence-corrected chi connectivity index (χ0v) is 11.5. The molecule has 0 saturated heterocycles. The molecule has 0 aliphatic carbocycles. The average molecular weight is 274 g/mol. The number of nitrogens with one attached hydrogen (secondary N) is 1. The zero-order valence-electron chi connectivity index (χ0n) is 10.8. The summed E-state index contributed by atoms with van der Waals surface area (Å²) < 4.78 is 0. The topological polar surface area (TPSA) is 29.1 Å². The molecule has 98 valence electrons. The quantitative estimate of drug-likeness (QED) is 0.906. The van der Waals surface area contributed by atoms with Gasteiger partial charge in [0.15, 0.2) is 0 Å². The standard InChI is InChI=1S/C16H16ClNO/c1-18-16(19)11-14(12-7-3-2-4-8-12)13-9-5-6-10-15(13)17/h2-10,14H,11H2,1H3,(H,18,19)/t14-/m0/s1. The van der Waals surface area contributed by atoms with Crippen LogP contribution in [0.25, 0.3) is 0 Å². The van der Waals surface area contributed by atoms with Crippen molar-refractivity contribution in [3.63, 3.8) is 0 Å². The summed E-state index contributed by atoms with van der Waals surface area (Å²) in [5, 5.41) is 3.37. The maximum Gasteiger partial charge on any atom is 0.220 e. The number of carbonyl (C=O) groups is 1. The van der Waals surface area contributed by atoms with Crippen LogP contribution < -0.4 is 5.32 Å². The predicted octanol–water partition coefficient (Wildman–Crippen LogP) is 3.61. The van der Waals surface area contributed by atoms with Crippen LogP contribution in [0.2, 0.25) is 5.02 Å². The molecule has 0 radical (unpaired) electrons. The van der Waals surface area contributed by atoms with Crippen molar-refractivity contribution in [2.75, 3.05) is 7.05 Å². The number of rotatable bonds is 4. The van der Waals surface area contributed by atoms with E-state index in [1.54, 1.807) is 7.05 Å². The number of amides is 1. The van der Waals surface area contributed by atoms with E-state index in [0.29, 0.717) is 11.4 Å². The minimum atomic E-state index is -0.0187. The largest absolute Gasteiger partial charge is 0.359 e. The summed E-state index contributed by atoms with van der Waals surface area (Å²) in [6.45, 7) is 0. The van der Waals surface area contributed by atoms with Crippen LogP contribution in [0.4, 0.5) is 0 Å². The first kappa shape index (κ1) is 13.6. The smallest absolute Gasteiger partial charge is 0.220 e. The summed E-state index contributed by atoms with van der Waals surface area (Å²) in [4.78, 5) is 11.7. The van der Waals surface area contributed by atoms with Crippen LogP contribution in [0.5, 0.6) is 0 Å². The van der Waals surface area contributed by atoms with Crippen LogP contribution in [0.1, 0.15) is 23.5 Å². The number of halogens is 1. The number of hydrogen-bond donors (Lipinski definition) is 1. The number of hydrogen-bond acceptors (Lipinski definition) is 1. The fraction of sp³-hybridized carbons (Fsp3) is 0.188. The molecule has 0 saturated carbocycles. The summed E-state index contributed by atoms with van der Waals surface area (Å²) in [6, 6.07) is 17.6. The fourth-order valence-corrected chi connectivity index (χ4v) is 2.41. The van der Waals surface area contributed by atoms with E-state index < -0.39 is 0 Å². The monoisotopic (exact) mass is 273 g/mol. The Morgan fingerprint density at radius 2 is 1.74 bits per heavy atom. The van der Waals surface area contributed by atoms with Gasteiger partial charge in [0.2, 0.25) is 5.91 Å². The zero-order chi connectivity index (χ0) is 13.7. The summed E-state index contributed by atoms with van der Waals surface area (Å²) in [7, 11) is 1.65. The Bertz CT molecular complexity index is 554. The second-order valence-electron chi connectivity index (χ2n) is 4.36. The Kier molecular flexibility index (Phi) is 4.58. The molecule has 1 atom stereocenters. The van der Waals surface area contributed by atoms with Gasteiger partial charge in [0.1, 0.15) is 0 Å². The molecule has 19 heavy (non-hydrogen) atoms. The van der Waals surface area contributed by atoms with Gasteiger partial charge in [-0.3, -0.25) is 4.79 Å². The van der Waals surface area contributed by atoms with Gasteiger partial charge < -0.3 is 5.32 Å². The molecule has 0 spiro atoms. The van der Waals surface area contributed by atoms with Crippen molar-refractivity contribution in [2.45, 2.75) is 12.3 Å². The van der Waals surface area contributed by atoms with Gasteiger partial charge in [0.25, 0.3) is 0 Å². The van der Waals surface area contributed by atoms with E-state index in [4.69, 9.17) is 11.6 Å². The van der Waals surface area contributed by atoms with Gasteiger partial charge >= 0.3 is 0 Å². The van der Waals surface area contributed by atoms with Crippen LogP contribution in [-0.4, -0.2) is 13.0 Å². The van der Waals surface area contributed by atoms with Gasteiger partial charge in [-0.2, -0.15) is 0 Å². The Morgan fingerprint density at radius 1 is 1.11 bits per heavy atom. The lowest BCUT2D eigenvalue weighted by molar-refractivity contribution is -0.120. The third-order valence-corrected chi connectivity index (χ3v) is 3.50. The van der Waals surface area contributed by atoms with Crippen LogP contribution in [0.3, 0.4) is 0 Å². The molecule has 3 heteroatoms. The normalized spacial score (nSPS) is 11.9. The van der Waals surface area contributed by atoms with E-state index in [1.807, 2.05) is 54.6 Å². The molecule has 0 aliphatic rings. The van der Waals surface area contributed by atoms with Crippen molar-refractivity contribution < 1.29 is 4.79 Å². The van der Waals surface area contributed by atoms with Gasteiger partial charge in [-0.1, -0.05) is 60.1 Å². The highest BCUT2D eigenvalue weighted by Gasteiger charge is 2.19. The molecular formula is C16H16ClNO. The van der Waals surface area contributed by atoms with Gasteiger partial charge in [0.05, 0.1) is 0 Å². The van der Waals surface area contributed by atoms with Crippen LogP contribution >= 0.6 is 11.6 Å². The minimum Gasteiger partial charge on any atom is -0.359 e. The highest BCUT2D eigenvalue weighted by atomic mass is 35.5. The summed E-state index contributed by atoms with van der Waals surface area (Å²) in [5.41, 5.74) is 2.08. The Balaban J connectivity index is 2.40. The van der Waals surface area contributed by atoms with Gasteiger partial charge in [-0.15, -0.1) is 0 Å². The van der Waals surface area contributed by atoms with E-state index in [-0.39, 0.29) is 11.8 Å². The summed E-state index contributed by atoms with van der Waals surface area (Å²) >= 11 is 6.26. The van der Waals surface area contributed by atoms with Crippen molar-refractivity contribution in [3.8, 4) is 0 Å². The van der Waals surface area contributed by atoms with Crippen molar-refractivity contribution in [1.82, 2.24) is 5.32 Å². The Hall–Kier alpha value is -1.80. The molecule has 0 unspecified atom stereocenters. The SMILES string of the molecule is CNC(=O)C[C@@H](c1ccccc1)c1ccccc1Cl. The lowest BCUT2D eigenvalue weighted by atomic mass is 9.88. The van der Waals surface area contributed by atoms with Gasteiger partial charge in [-0.25, -0.2) is 0 Å². The van der Waals surface area contributed by atoms with Gasteiger partial charge in [0, 0.05) is 24.4 Å². The first-order valence-electron chi connectivity index (χ1n) is 6.22. The molecule has 1 N–H and O–H groups in total. The highest BCUT2D eigenvalue weighted by Crippen LogP contribution is 2.32. The second-order valence-corrected chi connectivity index (χ2v) is 4.77. The maximum absolute atomic E-state index is 11.7. The van der Waals surface area contributed by atoms with Crippen molar-refractivity contribution >= 4 is 17.5 Å². The third kappa shape index (κ3) is 3.36. The Morgan fingerprint density at radius 3 is 2.37 bits per heavy atom. The highest BCUT2D eigenvalue weighted by molar-refractivity contribution is 6.31. The fourth-order valence-electron chi connectivity index (χ4n) is 2.14. The van der Waals surface area contributed by atoms with Crippen LogP contribution in [-0.2, 0) is 4.79 Å². The molecule has 1 amide bonds. The molecule has 0 bridgehead atoms. The van der Waals surface area contributed by atoms with Crippen molar-refractivity contribution in [2.24, 2.45) is 0 Å². The molecule has 0 aliphatic heterocycles. The van der Waals surface area contributed by atoms with Gasteiger partial charge in [-0.05, 0) is 17.2 Å². The van der Waals surface area contributed by atoms with Crippen molar-refractivity contribution in [3.05, 3.63) is 70.7 Å². The van der Waals surface area contributed by atoms with E-state index in [9.17, 15) is 4.79 Å². The number of carbonyl (C=O) groups excluding carboxylic acids is 1. The molecule has 0 fully saturated rings. The minimum absolute atomic E-state index is 0.00812. The lowest BCUT2D eigenvalue weighted by Gasteiger charge is -2.18.